The normalized spacial score (nSPS) is 12.1. The fraction of sp³-hybridized carbons (Fsp3) is 0.0800. The van der Waals surface area contributed by atoms with Gasteiger partial charge in [0, 0.05) is 32.9 Å². The van der Waals surface area contributed by atoms with Crippen LogP contribution in [0.1, 0.15) is 12.5 Å². The van der Waals surface area contributed by atoms with Crippen molar-refractivity contribution in [2.45, 2.75) is 13.3 Å². The average molecular weight is 673 g/mol. The summed E-state index contributed by atoms with van der Waals surface area (Å²) in [5.74, 6) is -3.64. The molecule has 0 saturated heterocycles. The van der Waals surface area contributed by atoms with E-state index in [2.05, 4.69) is 32.2 Å². The average Bonchev–Trinajstić information content (AvgIpc) is 3.35. The van der Waals surface area contributed by atoms with Crippen LogP contribution in [0.3, 0.4) is 0 Å². The number of nitrogens with zero attached hydrogens (tertiary/aromatic N) is 6. The Morgan fingerprint density at radius 1 is 0.917 bits per heavy atom. The topological polar surface area (TPSA) is 57.5 Å². The van der Waals surface area contributed by atoms with Gasteiger partial charge in [0.1, 0.15) is 17.8 Å². The molecule has 0 N–H and O–H groups in total. The first-order valence-electron chi connectivity index (χ1n) is 10.4. The third kappa shape index (κ3) is 6.51. The number of pyridine rings is 3. The van der Waals surface area contributed by atoms with E-state index in [4.69, 9.17) is 0 Å². The summed E-state index contributed by atoms with van der Waals surface area (Å²) in [6.07, 6.45) is 3.93. The SMILES string of the molecule is CCc1ccnc(-c2[c-]cc(F)nc2F)c1.Fc1c[c-]c(N2[CH-]N(c3ccccc3)C=N2)c(F)n1.[Pt]. The summed E-state index contributed by atoms with van der Waals surface area (Å²) in [6.45, 7) is 3.55. The van der Waals surface area contributed by atoms with Crippen molar-refractivity contribution >= 4 is 17.7 Å². The van der Waals surface area contributed by atoms with Gasteiger partial charge in [0.25, 0.3) is 0 Å². The Balaban J connectivity index is 0.000000198. The van der Waals surface area contributed by atoms with Crippen LogP contribution in [0.25, 0.3) is 11.3 Å². The van der Waals surface area contributed by atoms with Crippen LogP contribution < -0.4 is 9.91 Å². The fourth-order valence-electron chi connectivity index (χ4n) is 3.05. The second-order valence-electron chi connectivity index (χ2n) is 7.09. The van der Waals surface area contributed by atoms with Crippen LogP contribution in [0.15, 0.2) is 65.9 Å². The minimum absolute atomic E-state index is 0. The molecule has 5 rings (SSSR count). The Hall–Kier alpha value is -3.65. The molecular weight excluding hydrogens is 655 g/mol. The quantitative estimate of drug-likeness (QED) is 0.167. The third-order valence-electron chi connectivity index (χ3n) is 4.78. The van der Waals surface area contributed by atoms with E-state index >= 15 is 0 Å². The number of benzene rings is 1. The van der Waals surface area contributed by atoms with Gasteiger partial charge in [0.15, 0.2) is 0 Å². The molecule has 1 aliphatic rings. The molecule has 0 spiro atoms. The van der Waals surface area contributed by atoms with Crippen LogP contribution in [-0.4, -0.2) is 21.3 Å². The minimum atomic E-state index is -0.955. The number of anilines is 2. The Kier molecular flexibility index (Phi) is 9.24. The zero-order valence-electron chi connectivity index (χ0n) is 18.6. The molecule has 3 aromatic heterocycles. The van der Waals surface area contributed by atoms with Crippen LogP contribution in [0, 0.1) is 42.6 Å². The second kappa shape index (κ2) is 12.4. The van der Waals surface area contributed by atoms with Gasteiger partial charge < -0.3 is 19.9 Å². The van der Waals surface area contributed by atoms with E-state index < -0.39 is 23.8 Å². The first kappa shape index (κ1) is 26.9. The van der Waals surface area contributed by atoms with E-state index in [0.29, 0.717) is 5.69 Å². The van der Waals surface area contributed by atoms with Gasteiger partial charge >= 0.3 is 0 Å². The van der Waals surface area contributed by atoms with E-state index in [-0.39, 0.29) is 32.3 Å². The number of rotatable bonds is 4. The van der Waals surface area contributed by atoms with Gasteiger partial charge in [-0.15, -0.1) is 18.8 Å². The molecule has 0 radical (unpaired) electrons. The van der Waals surface area contributed by atoms with Crippen LogP contribution in [0.4, 0.5) is 28.9 Å². The molecule has 4 heterocycles. The van der Waals surface area contributed by atoms with Crippen molar-refractivity contribution in [3.05, 3.63) is 109 Å². The summed E-state index contributed by atoms with van der Waals surface area (Å²) in [6, 6.07) is 19.9. The summed E-state index contributed by atoms with van der Waals surface area (Å²) in [5.41, 5.74) is 2.39. The molecule has 188 valence electrons. The van der Waals surface area contributed by atoms with Crippen molar-refractivity contribution in [3.63, 3.8) is 0 Å². The Bertz CT molecular complexity index is 1340. The van der Waals surface area contributed by atoms with Gasteiger partial charge in [0.2, 0.25) is 0 Å². The summed E-state index contributed by atoms with van der Waals surface area (Å²) >= 11 is 0. The van der Waals surface area contributed by atoms with Crippen LogP contribution in [0.2, 0.25) is 0 Å². The summed E-state index contributed by atoms with van der Waals surface area (Å²) in [7, 11) is 0. The smallest absolute Gasteiger partial charge is 0.128 e. The van der Waals surface area contributed by atoms with E-state index in [0.717, 1.165) is 29.8 Å². The minimum Gasteiger partial charge on any atom is -0.463 e. The first-order valence-corrected chi connectivity index (χ1v) is 10.4. The molecule has 1 aliphatic heterocycles. The maximum absolute atomic E-state index is 13.5. The number of aromatic nitrogens is 3. The van der Waals surface area contributed by atoms with Crippen LogP contribution in [0.5, 0.6) is 0 Å². The molecule has 0 aliphatic carbocycles. The molecule has 0 amide bonds. The number of hydrogen-bond acceptors (Lipinski definition) is 6. The van der Waals surface area contributed by atoms with Gasteiger partial charge in [-0.1, -0.05) is 48.4 Å². The monoisotopic (exact) mass is 672 g/mol. The number of para-hydroxylation sites is 1. The van der Waals surface area contributed by atoms with Crippen LogP contribution in [-0.2, 0) is 27.5 Å². The zero-order valence-corrected chi connectivity index (χ0v) is 20.9. The van der Waals surface area contributed by atoms with Crippen molar-refractivity contribution in [2.75, 3.05) is 9.91 Å². The number of halogens is 4. The summed E-state index contributed by atoms with van der Waals surface area (Å²) in [5, 5.41) is 5.24. The largest absolute Gasteiger partial charge is 0.463 e. The standard InChI is InChI=1S/C13H8F2N4.C12H9F2N2.Pt/c14-12-7-6-11(13(15)17-12)19-9-18(8-16-19)10-4-2-1-3-5-10;1-2-8-5-6-15-10(7-8)9-3-4-11(13)16-12(9)14;/h1-5,7-9H;4-7H,2H2,1H3;/q-2;-1;. The van der Waals surface area contributed by atoms with Crippen molar-refractivity contribution in [1.29, 1.82) is 0 Å². The molecule has 0 bridgehead atoms. The van der Waals surface area contributed by atoms with Crippen LogP contribution >= 0.6 is 0 Å². The zero-order chi connectivity index (χ0) is 24.8. The molecule has 0 fully saturated rings. The van der Waals surface area contributed by atoms with Gasteiger partial charge in [-0.05, 0) is 36.0 Å². The number of hydrogen-bond donors (Lipinski definition) is 0. The summed E-state index contributed by atoms with van der Waals surface area (Å²) < 4.78 is 52.2. The first-order chi connectivity index (χ1) is 16.9. The van der Waals surface area contributed by atoms with Gasteiger partial charge in [0.05, 0.1) is 12.3 Å². The van der Waals surface area contributed by atoms with Gasteiger partial charge in [-0.3, -0.25) is 13.8 Å². The summed E-state index contributed by atoms with van der Waals surface area (Å²) in [4.78, 5) is 11.9. The maximum Gasteiger partial charge on any atom is 0.128 e. The van der Waals surface area contributed by atoms with Crippen molar-refractivity contribution in [1.82, 2.24) is 15.0 Å². The number of aryl methyl sites for hydroxylation is 1. The molecule has 1 aromatic carbocycles. The molecule has 0 saturated carbocycles. The molecular formula is C25H17F4N6Pt-3. The second-order valence-corrected chi connectivity index (χ2v) is 7.09. The molecule has 6 nitrogen and oxygen atoms in total. The molecule has 11 heteroatoms. The Morgan fingerprint density at radius 2 is 1.61 bits per heavy atom. The van der Waals surface area contributed by atoms with E-state index in [1.165, 1.54) is 11.3 Å². The molecule has 4 aromatic rings. The van der Waals surface area contributed by atoms with Crippen molar-refractivity contribution < 1.29 is 38.6 Å². The van der Waals surface area contributed by atoms with E-state index in [1.807, 2.05) is 43.3 Å². The predicted octanol–water partition coefficient (Wildman–Crippen LogP) is 5.33. The van der Waals surface area contributed by atoms with E-state index in [9.17, 15) is 17.6 Å². The molecule has 0 unspecified atom stereocenters. The molecule has 36 heavy (non-hydrogen) atoms. The fourth-order valence-corrected chi connectivity index (χ4v) is 3.05. The van der Waals surface area contributed by atoms with Gasteiger partial charge in [-0.2, -0.15) is 11.2 Å². The van der Waals surface area contributed by atoms with Gasteiger partial charge in [-0.25, -0.2) is 8.78 Å². The van der Waals surface area contributed by atoms with Crippen molar-refractivity contribution in [2.24, 2.45) is 5.10 Å². The van der Waals surface area contributed by atoms with Crippen molar-refractivity contribution in [3.8, 4) is 11.3 Å². The Morgan fingerprint density at radius 3 is 2.28 bits per heavy atom. The molecule has 0 atom stereocenters. The number of hydrazone groups is 1. The third-order valence-corrected chi connectivity index (χ3v) is 4.78. The Labute approximate surface area is 219 Å². The maximum atomic E-state index is 13.5. The predicted molar refractivity (Wildman–Crippen MR) is 123 cm³/mol. The van der Waals surface area contributed by atoms with E-state index in [1.54, 1.807) is 23.8 Å².